The lowest BCUT2D eigenvalue weighted by molar-refractivity contribution is 0.0718. The number of aromatic nitrogens is 2. The number of carbonyl (C=O) groups excluding carboxylic acids is 1. The summed E-state index contributed by atoms with van der Waals surface area (Å²) in [7, 11) is 1.50. The van der Waals surface area contributed by atoms with Crippen molar-refractivity contribution < 1.29 is 22.4 Å². The van der Waals surface area contributed by atoms with Gasteiger partial charge in [-0.2, -0.15) is 0 Å². The molecule has 0 saturated carbocycles. The molecular formula is C22H16F4N4O2. The number of aromatic amines is 2. The molecule has 0 unspecified atom stereocenters. The number of benzene rings is 2. The Morgan fingerprint density at radius 1 is 0.938 bits per heavy atom. The van der Waals surface area contributed by atoms with Crippen molar-refractivity contribution in [3.8, 4) is 0 Å². The first-order valence-corrected chi connectivity index (χ1v) is 9.74. The summed E-state index contributed by atoms with van der Waals surface area (Å²) >= 11 is 0. The number of hydrogen-bond acceptors (Lipinski definition) is 3. The van der Waals surface area contributed by atoms with Crippen molar-refractivity contribution in [2.75, 3.05) is 13.6 Å². The molecule has 0 spiro atoms. The number of hydrogen-bond donors (Lipinski definition) is 3. The molecule has 3 N–H and O–H groups in total. The molecule has 164 valence electrons. The summed E-state index contributed by atoms with van der Waals surface area (Å²) in [5.74, 6) is -4.36. The molecule has 1 aliphatic heterocycles. The van der Waals surface area contributed by atoms with E-state index in [1.807, 2.05) is 0 Å². The van der Waals surface area contributed by atoms with Gasteiger partial charge in [-0.05, 0) is 29.7 Å². The number of carbonyl (C=O) groups is 1. The van der Waals surface area contributed by atoms with Crippen LogP contribution < -0.4 is 10.9 Å². The highest BCUT2D eigenvalue weighted by Crippen LogP contribution is 2.33. The van der Waals surface area contributed by atoms with E-state index in [9.17, 15) is 27.2 Å². The van der Waals surface area contributed by atoms with Gasteiger partial charge in [0.1, 0.15) is 17.3 Å². The molecule has 1 aliphatic rings. The molecule has 0 aliphatic carbocycles. The van der Waals surface area contributed by atoms with E-state index in [2.05, 4.69) is 15.3 Å². The third-order valence-corrected chi connectivity index (χ3v) is 5.83. The lowest BCUT2D eigenvalue weighted by Gasteiger charge is -2.34. The van der Waals surface area contributed by atoms with Crippen molar-refractivity contribution in [1.82, 2.24) is 20.2 Å². The van der Waals surface area contributed by atoms with E-state index in [0.717, 1.165) is 24.3 Å². The molecule has 1 atom stereocenters. The van der Waals surface area contributed by atoms with Crippen molar-refractivity contribution in [3.63, 3.8) is 0 Å². The highest BCUT2D eigenvalue weighted by Gasteiger charge is 2.31. The Morgan fingerprint density at radius 3 is 2.41 bits per heavy atom. The van der Waals surface area contributed by atoms with Gasteiger partial charge < -0.3 is 20.2 Å². The van der Waals surface area contributed by atoms with Crippen LogP contribution in [0.3, 0.4) is 0 Å². The van der Waals surface area contributed by atoms with Crippen molar-refractivity contribution in [2.45, 2.75) is 12.6 Å². The van der Waals surface area contributed by atoms with Crippen LogP contribution in [-0.4, -0.2) is 34.4 Å². The molecule has 3 heterocycles. The molecule has 0 saturated heterocycles. The second-order valence-corrected chi connectivity index (χ2v) is 7.75. The first-order chi connectivity index (χ1) is 15.2. The van der Waals surface area contributed by atoms with Gasteiger partial charge in [0.05, 0.1) is 16.9 Å². The van der Waals surface area contributed by atoms with Crippen LogP contribution in [0.4, 0.5) is 17.6 Å². The fourth-order valence-electron chi connectivity index (χ4n) is 4.29. The van der Waals surface area contributed by atoms with E-state index in [-0.39, 0.29) is 40.5 Å². The van der Waals surface area contributed by atoms with Gasteiger partial charge in [-0.25, -0.2) is 17.6 Å². The number of amides is 1. The van der Waals surface area contributed by atoms with Gasteiger partial charge in [-0.15, -0.1) is 0 Å². The maximum Gasteiger partial charge on any atom is 0.270 e. The lowest BCUT2D eigenvalue weighted by Crippen LogP contribution is -2.42. The van der Waals surface area contributed by atoms with Crippen molar-refractivity contribution in [1.29, 1.82) is 0 Å². The van der Waals surface area contributed by atoms with Crippen molar-refractivity contribution in [2.24, 2.45) is 0 Å². The van der Waals surface area contributed by atoms with Gasteiger partial charge in [-0.3, -0.25) is 9.59 Å². The minimum atomic E-state index is -1.15. The summed E-state index contributed by atoms with van der Waals surface area (Å²) in [5.41, 5.74) is 0.539. The summed E-state index contributed by atoms with van der Waals surface area (Å²) in [6, 6.07) is 4.24. The molecule has 10 heteroatoms. The maximum atomic E-state index is 14.1. The molecule has 0 fully saturated rings. The molecule has 0 radical (unpaired) electrons. The standard InChI is InChI=1S/C22H16F4N4O2/c1-30(22(32)17-6-12-13(24)2-9(23)3-16(12)28-17)19-8-27-7-18-20(19)10-4-14(25)15(26)5-11(10)21(31)29-18/h2-6,19,27-28H,7-8H2,1H3,(H,29,31)/t19-/m1/s1. The van der Waals surface area contributed by atoms with Crippen LogP contribution in [0.1, 0.15) is 27.8 Å². The Hall–Kier alpha value is -3.66. The summed E-state index contributed by atoms with van der Waals surface area (Å²) in [4.78, 5) is 32.3. The molecule has 0 bridgehead atoms. The highest BCUT2D eigenvalue weighted by molar-refractivity contribution is 5.98. The second kappa shape index (κ2) is 7.20. The minimum Gasteiger partial charge on any atom is -0.350 e. The van der Waals surface area contributed by atoms with Gasteiger partial charge in [-0.1, -0.05) is 0 Å². The summed E-state index contributed by atoms with van der Waals surface area (Å²) in [6.45, 7) is 0.549. The van der Waals surface area contributed by atoms with Crippen LogP contribution in [0.2, 0.25) is 0 Å². The number of fused-ring (bicyclic) bond motifs is 4. The van der Waals surface area contributed by atoms with Gasteiger partial charge in [0, 0.05) is 42.8 Å². The number of likely N-dealkylation sites (N-methyl/N-ethyl adjacent to an activating group) is 1. The first-order valence-electron chi connectivity index (χ1n) is 9.74. The third-order valence-electron chi connectivity index (χ3n) is 5.83. The van der Waals surface area contributed by atoms with Crippen LogP contribution in [-0.2, 0) is 6.54 Å². The zero-order valence-corrected chi connectivity index (χ0v) is 16.7. The third kappa shape index (κ3) is 3.06. The fourth-order valence-corrected chi connectivity index (χ4v) is 4.29. The topological polar surface area (TPSA) is 81.0 Å². The predicted molar refractivity (Wildman–Crippen MR) is 109 cm³/mol. The van der Waals surface area contributed by atoms with E-state index in [4.69, 9.17) is 0 Å². The van der Waals surface area contributed by atoms with Crippen LogP contribution in [0.25, 0.3) is 21.7 Å². The average Bonchev–Trinajstić information content (AvgIpc) is 3.18. The van der Waals surface area contributed by atoms with Crippen LogP contribution in [0.15, 0.2) is 35.1 Å². The molecule has 6 nitrogen and oxygen atoms in total. The zero-order chi connectivity index (χ0) is 22.7. The molecule has 1 amide bonds. The lowest BCUT2D eigenvalue weighted by atomic mass is 9.93. The quantitative estimate of drug-likeness (QED) is 0.414. The van der Waals surface area contributed by atoms with Crippen molar-refractivity contribution >= 4 is 27.6 Å². The van der Waals surface area contributed by atoms with E-state index in [1.54, 1.807) is 0 Å². The molecule has 32 heavy (non-hydrogen) atoms. The molecule has 4 aromatic rings. The van der Waals surface area contributed by atoms with E-state index >= 15 is 0 Å². The predicted octanol–water partition coefficient (Wildman–Crippen LogP) is 3.48. The van der Waals surface area contributed by atoms with Gasteiger partial charge in [0.25, 0.3) is 11.5 Å². The number of pyridine rings is 1. The van der Waals surface area contributed by atoms with Gasteiger partial charge in [0.15, 0.2) is 11.6 Å². The highest BCUT2D eigenvalue weighted by atomic mass is 19.2. The number of rotatable bonds is 2. The van der Waals surface area contributed by atoms with E-state index in [0.29, 0.717) is 11.3 Å². The minimum absolute atomic E-state index is 0.0291. The normalized spacial score (nSPS) is 15.8. The Kier molecular flexibility index (Phi) is 4.55. The number of halogens is 4. The number of nitrogens with zero attached hydrogens (tertiary/aromatic N) is 1. The van der Waals surface area contributed by atoms with E-state index in [1.165, 1.54) is 18.0 Å². The summed E-state index contributed by atoms with van der Waals surface area (Å²) in [6.07, 6.45) is 0. The summed E-state index contributed by atoms with van der Waals surface area (Å²) < 4.78 is 55.4. The summed E-state index contributed by atoms with van der Waals surface area (Å²) in [5, 5.41) is 3.33. The maximum absolute atomic E-state index is 14.1. The van der Waals surface area contributed by atoms with Crippen molar-refractivity contribution in [3.05, 3.63) is 80.9 Å². The van der Waals surface area contributed by atoms with Gasteiger partial charge >= 0.3 is 0 Å². The first kappa shape index (κ1) is 20.3. The molecular weight excluding hydrogens is 428 g/mol. The van der Waals surface area contributed by atoms with Gasteiger partial charge in [0.2, 0.25) is 0 Å². The molecule has 5 rings (SSSR count). The number of nitrogens with one attached hydrogen (secondary N) is 3. The fraction of sp³-hybridized carbons (Fsp3) is 0.182. The second-order valence-electron chi connectivity index (χ2n) is 7.75. The van der Waals surface area contributed by atoms with E-state index < -0.39 is 40.8 Å². The van der Waals surface area contributed by atoms with Crippen LogP contribution in [0, 0.1) is 23.3 Å². The SMILES string of the molecule is CN(C(=O)c1cc2c(F)cc(F)cc2[nH]1)[C@@H]1CNCc2[nH]c(=O)c3cc(F)c(F)cc3c21. The Morgan fingerprint density at radius 2 is 1.66 bits per heavy atom. The zero-order valence-electron chi connectivity index (χ0n) is 16.7. The monoisotopic (exact) mass is 444 g/mol. The largest absolute Gasteiger partial charge is 0.350 e. The average molecular weight is 444 g/mol. The Labute approximate surface area is 177 Å². The molecule has 2 aromatic heterocycles. The number of H-pyrrole nitrogens is 2. The van der Waals surface area contributed by atoms with Crippen LogP contribution in [0.5, 0.6) is 0 Å². The Balaban J connectivity index is 1.62. The molecule has 2 aromatic carbocycles. The van der Waals surface area contributed by atoms with Crippen LogP contribution >= 0.6 is 0 Å². The Bertz CT molecular complexity index is 1480. The smallest absolute Gasteiger partial charge is 0.270 e.